The lowest BCUT2D eigenvalue weighted by atomic mass is 9.85. The second-order valence-electron chi connectivity index (χ2n) is 16.9. The van der Waals surface area contributed by atoms with Crippen molar-refractivity contribution in [2.75, 3.05) is 19.8 Å². The highest BCUT2D eigenvalue weighted by molar-refractivity contribution is 7.91. The number of carbonyl (C=O) groups excluding carboxylic acids is 3. The lowest BCUT2D eigenvalue weighted by molar-refractivity contribution is -0.222. The number of amides is 4. The summed E-state index contributed by atoms with van der Waals surface area (Å²) in [7, 11) is -4.51. The predicted molar refractivity (Wildman–Crippen MR) is 207 cm³/mol. The number of nitrogens with zero attached hydrogens (tertiary/aromatic N) is 3. The summed E-state index contributed by atoms with van der Waals surface area (Å²) in [6.07, 6.45) is -4.02. The normalized spacial score (nSPS) is 29.2. The molecular formula is C40H51F4N5O9S. The SMILES string of the molecule is CCOc1cc2ccccc2c(O[C@@H]2C[C@H]3C(=O)N[C@]4(C(=O)NS(=O)(=O)C5(CF)CC5)C[C@H]4/C=C\CC[C@H](C)C[C@@H](C)[C@H](N(C(=O)O)C(C)(C)C(F)(F)F)C(=O)N3C2)n1. The van der Waals surface area contributed by atoms with Gasteiger partial charge in [0.1, 0.15) is 40.7 Å². The fourth-order valence-corrected chi connectivity index (χ4v) is 9.78. The number of hydrogen-bond donors (Lipinski definition) is 3. The predicted octanol–water partition coefficient (Wildman–Crippen LogP) is 5.51. The number of halogens is 4. The molecule has 3 fully saturated rings. The van der Waals surface area contributed by atoms with E-state index in [9.17, 15) is 45.5 Å². The van der Waals surface area contributed by atoms with Crippen LogP contribution in [0.4, 0.5) is 22.4 Å². The molecule has 2 aliphatic heterocycles. The van der Waals surface area contributed by atoms with E-state index in [0.717, 1.165) is 4.90 Å². The van der Waals surface area contributed by atoms with Gasteiger partial charge in [-0.15, -0.1) is 0 Å². The monoisotopic (exact) mass is 853 g/mol. The van der Waals surface area contributed by atoms with Crippen molar-refractivity contribution in [3.63, 3.8) is 0 Å². The summed E-state index contributed by atoms with van der Waals surface area (Å²) in [6, 6.07) is 5.27. The van der Waals surface area contributed by atoms with Crippen molar-refractivity contribution >= 4 is 44.6 Å². The first-order valence-electron chi connectivity index (χ1n) is 19.8. The van der Waals surface area contributed by atoms with Gasteiger partial charge in [-0.2, -0.15) is 18.2 Å². The van der Waals surface area contributed by atoms with E-state index in [1.54, 1.807) is 49.4 Å². The Morgan fingerprint density at radius 2 is 1.83 bits per heavy atom. The Labute approximate surface area is 340 Å². The minimum absolute atomic E-state index is 0.00321. The molecule has 2 aromatic rings. The zero-order valence-corrected chi connectivity index (χ0v) is 34.4. The first-order valence-corrected chi connectivity index (χ1v) is 21.3. The molecule has 1 aromatic heterocycles. The number of rotatable bonds is 10. The molecule has 0 spiro atoms. The molecular weight excluding hydrogens is 803 g/mol. The molecule has 1 aromatic carbocycles. The Bertz CT molecular complexity index is 2110. The van der Waals surface area contributed by atoms with Gasteiger partial charge in [-0.05, 0) is 82.6 Å². The summed E-state index contributed by atoms with van der Waals surface area (Å²) in [5.41, 5.74) is -4.90. The molecule has 7 atom stereocenters. The van der Waals surface area contributed by atoms with Gasteiger partial charge >= 0.3 is 12.3 Å². The molecule has 1 saturated heterocycles. The number of allylic oxidation sites excluding steroid dienone is 1. The summed E-state index contributed by atoms with van der Waals surface area (Å²) < 4.78 is 96.6. The lowest BCUT2D eigenvalue weighted by Gasteiger charge is -2.45. The number of hydrogen-bond acceptors (Lipinski definition) is 9. The summed E-state index contributed by atoms with van der Waals surface area (Å²) in [5.74, 6) is -4.75. The maximum Gasteiger partial charge on any atom is 0.411 e. The van der Waals surface area contributed by atoms with Crippen LogP contribution in [0, 0.1) is 17.8 Å². The average Bonchev–Trinajstić information content (AvgIpc) is 4.06. The molecule has 3 N–H and O–H groups in total. The highest BCUT2D eigenvalue weighted by atomic mass is 32.2. The van der Waals surface area contributed by atoms with Crippen molar-refractivity contribution in [2.24, 2.45) is 17.8 Å². The Balaban J connectivity index is 1.43. The molecule has 324 valence electrons. The molecule has 14 nitrogen and oxygen atoms in total. The minimum Gasteiger partial charge on any atom is -0.478 e. The fraction of sp³-hybridized carbons (Fsp3) is 0.625. The van der Waals surface area contributed by atoms with Crippen LogP contribution < -0.4 is 19.5 Å². The third kappa shape index (κ3) is 8.40. The van der Waals surface area contributed by atoms with Crippen molar-refractivity contribution in [1.82, 2.24) is 24.8 Å². The van der Waals surface area contributed by atoms with Crippen LogP contribution in [-0.2, 0) is 24.4 Å². The van der Waals surface area contributed by atoms with Crippen LogP contribution in [-0.4, -0.2) is 112 Å². The molecule has 0 unspecified atom stereocenters. The zero-order chi connectivity index (χ0) is 43.3. The quantitative estimate of drug-likeness (QED) is 0.204. The largest absolute Gasteiger partial charge is 0.478 e. The smallest absolute Gasteiger partial charge is 0.411 e. The van der Waals surface area contributed by atoms with E-state index in [1.165, 1.54) is 6.92 Å². The molecule has 59 heavy (non-hydrogen) atoms. The fourth-order valence-electron chi connectivity index (χ4n) is 8.35. The van der Waals surface area contributed by atoms with E-state index in [4.69, 9.17) is 9.47 Å². The van der Waals surface area contributed by atoms with Crippen molar-refractivity contribution < 1.29 is 59.7 Å². The number of alkyl halides is 4. The summed E-state index contributed by atoms with van der Waals surface area (Å²) in [4.78, 5) is 62.1. The highest BCUT2D eigenvalue weighted by Gasteiger charge is 2.64. The molecule has 0 radical (unpaired) electrons. The van der Waals surface area contributed by atoms with E-state index in [0.29, 0.717) is 37.5 Å². The Morgan fingerprint density at radius 1 is 1.14 bits per heavy atom. The van der Waals surface area contributed by atoms with Crippen LogP contribution in [0.1, 0.15) is 79.6 Å². The van der Waals surface area contributed by atoms with Gasteiger partial charge in [0.25, 0.3) is 5.91 Å². The average molecular weight is 854 g/mol. The summed E-state index contributed by atoms with van der Waals surface area (Å²) in [5, 5.41) is 14.4. The van der Waals surface area contributed by atoms with E-state index < -0.39 is 99.1 Å². The van der Waals surface area contributed by atoms with Gasteiger partial charge in [0.05, 0.1) is 13.2 Å². The van der Waals surface area contributed by atoms with Gasteiger partial charge in [0.15, 0.2) is 0 Å². The number of benzene rings is 1. The topological polar surface area (TPSA) is 185 Å². The van der Waals surface area contributed by atoms with Crippen LogP contribution in [0.3, 0.4) is 0 Å². The van der Waals surface area contributed by atoms with Crippen molar-refractivity contribution in [3.05, 3.63) is 42.5 Å². The van der Waals surface area contributed by atoms with Gasteiger partial charge < -0.3 is 24.8 Å². The third-order valence-corrected chi connectivity index (χ3v) is 14.4. The number of carboxylic acid groups (broad SMARTS) is 1. The molecule has 3 heterocycles. The molecule has 2 saturated carbocycles. The number of nitrogens with one attached hydrogen (secondary N) is 2. The lowest BCUT2D eigenvalue weighted by Crippen LogP contribution is -2.66. The standard InChI is InChI=1S/C40H51F4N5O9S/c1-6-57-30-18-25-12-8-10-14-28(25)33(45-30)58-27-19-29-32(50)46-39(35(52)47-59(55,56)38(22-41)15-16-38)20-26(39)13-9-7-11-23(2)17-24(3)31(34(51)48(29)21-27)49(36(53)54)37(4,5)40(42,43)44/h8-10,12-14,18,23-24,26-27,29,31H,6-7,11,15-17,19-22H2,1-5H3,(H,46,50)(H,47,52)(H,53,54)/b13-9-/t23-,24+,26+,27+,29-,31-,39+/m0/s1. The summed E-state index contributed by atoms with van der Waals surface area (Å²) in [6.45, 7) is 5.08. The zero-order valence-electron chi connectivity index (χ0n) is 33.6. The van der Waals surface area contributed by atoms with Crippen molar-refractivity contribution in [2.45, 2.75) is 120 Å². The second kappa shape index (κ2) is 16.1. The molecule has 4 aliphatic rings. The van der Waals surface area contributed by atoms with E-state index in [-0.39, 0.29) is 61.3 Å². The first-order chi connectivity index (χ1) is 27.6. The van der Waals surface area contributed by atoms with E-state index >= 15 is 4.79 Å². The van der Waals surface area contributed by atoms with Gasteiger partial charge in [-0.25, -0.2) is 17.6 Å². The minimum atomic E-state index is -5.12. The Morgan fingerprint density at radius 3 is 2.46 bits per heavy atom. The molecule has 6 rings (SSSR count). The summed E-state index contributed by atoms with van der Waals surface area (Å²) >= 11 is 0. The maximum absolute atomic E-state index is 15.0. The van der Waals surface area contributed by atoms with Gasteiger partial charge in [0, 0.05) is 23.8 Å². The maximum atomic E-state index is 15.0. The van der Waals surface area contributed by atoms with Gasteiger partial charge in [-0.3, -0.25) is 24.0 Å². The first kappa shape index (κ1) is 43.9. The van der Waals surface area contributed by atoms with Crippen molar-refractivity contribution in [3.8, 4) is 11.8 Å². The molecule has 4 amide bonds. The second-order valence-corrected chi connectivity index (χ2v) is 19.0. The molecule has 19 heteroatoms. The van der Waals surface area contributed by atoms with Crippen LogP contribution in [0.2, 0.25) is 0 Å². The van der Waals surface area contributed by atoms with Gasteiger partial charge in [-0.1, -0.05) is 44.2 Å². The van der Waals surface area contributed by atoms with Gasteiger partial charge in [0.2, 0.25) is 33.6 Å². The Hall–Kier alpha value is -4.68. The van der Waals surface area contributed by atoms with Crippen molar-refractivity contribution in [1.29, 1.82) is 0 Å². The third-order valence-electron chi connectivity index (χ3n) is 12.3. The van der Waals surface area contributed by atoms with E-state index in [2.05, 4.69) is 10.3 Å². The number of ether oxygens (including phenoxy) is 2. The molecule has 0 bridgehead atoms. The molecule has 2 aliphatic carbocycles. The van der Waals surface area contributed by atoms with Crippen LogP contribution in [0.25, 0.3) is 10.8 Å². The van der Waals surface area contributed by atoms with Crippen LogP contribution in [0.5, 0.6) is 11.8 Å². The van der Waals surface area contributed by atoms with Crippen LogP contribution >= 0.6 is 0 Å². The number of pyridine rings is 1. The Kier molecular flexibility index (Phi) is 11.9. The number of sulfonamides is 1. The number of aromatic nitrogens is 1. The highest BCUT2D eigenvalue weighted by Crippen LogP contribution is 2.48. The van der Waals surface area contributed by atoms with E-state index in [1.807, 2.05) is 11.6 Å². The number of carbonyl (C=O) groups is 4. The van der Waals surface area contributed by atoms with Crippen LogP contribution in [0.15, 0.2) is 42.5 Å². The number of fused-ring (bicyclic) bond motifs is 3.